The molecule has 0 aliphatic heterocycles. The molecule has 182 valence electrons. The highest BCUT2D eigenvalue weighted by Gasteiger charge is 2.15. The van der Waals surface area contributed by atoms with Crippen molar-refractivity contribution in [3.8, 4) is 23.1 Å². The van der Waals surface area contributed by atoms with Crippen LogP contribution in [-0.4, -0.2) is 4.98 Å². The number of fused-ring (bicyclic) bond motifs is 3. The Morgan fingerprint density at radius 3 is 2.55 bits per heavy atom. The van der Waals surface area contributed by atoms with Gasteiger partial charge in [0.15, 0.2) is 0 Å². The van der Waals surface area contributed by atoms with Gasteiger partial charge in [0.05, 0.1) is 16.8 Å². The minimum Gasteiger partial charge on any atom is -0.489 e. The van der Waals surface area contributed by atoms with Gasteiger partial charge in [0.25, 0.3) is 0 Å². The van der Waals surface area contributed by atoms with E-state index in [1.54, 1.807) is 11.5 Å². The molecule has 0 saturated heterocycles. The molecule has 0 unspecified atom stereocenters. The number of nitriles is 1. The average Bonchev–Trinajstić information content (AvgIpc) is 3.45. The standard InChI is InChI=1S/C32H20N2O3S/c33-18-24(16-21-10-13-25(14-11-21)36-19-22-6-2-1-3-7-22)31-34-29(20-38-31)28-17-27-26-9-5-4-8-23(26)12-15-30(27)37-32(28)35/h1-17,20H,19H2. The van der Waals surface area contributed by atoms with E-state index < -0.39 is 5.63 Å². The molecular weight excluding hydrogens is 492 g/mol. The first-order chi connectivity index (χ1) is 18.7. The van der Waals surface area contributed by atoms with E-state index in [1.165, 1.54) is 11.3 Å². The topological polar surface area (TPSA) is 76.1 Å². The zero-order valence-corrected chi connectivity index (χ0v) is 20.9. The van der Waals surface area contributed by atoms with Gasteiger partial charge in [-0.1, -0.05) is 72.8 Å². The fourth-order valence-electron chi connectivity index (χ4n) is 4.28. The van der Waals surface area contributed by atoms with E-state index in [-0.39, 0.29) is 0 Å². The first-order valence-corrected chi connectivity index (χ1v) is 12.9. The van der Waals surface area contributed by atoms with Crippen LogP contribution in [0.15, 0.2) is 112 Å². The molecule has 5 nitrogen and oxygen atoms in total. The van der Waals surface area contributed by atoms with Crippen molar-refractivity contribution >= 4 is 44.7 Å². The van der Waals surface area contributed by atoms with Crippen molar-refractivity contribution in [2.75, 3.05) is 0 Å². The van der Waals surface area contributed by atoms with Crippen molar-refractivity contribution < 1.29 is 9.15 Å². The van der Waals surface area contributed by atoms with E-state index in [4.69, 9.17) is 9.15 Å². The van der Waals surface area contributed by atoms with E-state index >= 15 is 0 Å². The third kappa shape index (κ3) is 4.71. The number of aromatic nitrogens is 1. The second-order valence-electron chi connectivity index (χ2n) is 8.70. The minimum absolute atomic E-state index is 0.369. The Kier molecular flexibility index (Phi) is 6.27. The van der Waals surface area contributed by atoms with Gasteiger partial charge in [0, 0.05) is 10.8 Å². The molecule has 0 aliphatic carbocycles. The second kappa shape index (κ2) is 10.2. The lowest BCUT2D eigenvalue weighted by Gasteiger charge is -2.06. The molecule has 0 aliphatic rings. The summed E-state index contributed by atoms with van der Waals surface area (Å²) in [5.41, 5.74) is 3.28. The maximum absolute atomic E-state index is 12.8. The van der Waals surface area contributed by atoms with E-state index in [1.807, 2.05) is 97.1 Å². The summed E-state index contributed by atoms with van der Waals surface area (Å²) in [5.74, 6) is 0.747. The molecule has 4 aromatic carbocycles. The number of thiazole rings is 1. The predicted molar refractivity (Wildman–Crippen MR) is 152 cm³/mol. The summed E-state index contributed by atoms with van der Waals surface area (Å²) in [6.07, 6.45) is 1.78. The number of nitrogens with zero attached hydrogens (tertiary/aromatic N) is 2. The SMILES string of the molecule is N#CC(=Cc1ccc(OCc2ccccc2)cc1)c1nc(-c2cc3c(ccc4ccccc43)oc2=O)cs1. The highest BCUT2D eigenvalue weighted by Crippen LogP contribution is 2.30. The van der Waals surface area contributed by atoms with Gasteiger partial charge in [-0.25, -0.2) is 9.78 Å². The number of hydrogen-bond acceptors (Lipinski definition) is 6. The summed E-state index contributed by atoms with van der Waals surface area (Å²) in [6.45, 7) is 0.486. The van der Waals surface area contributed by atoms with Crippen LogP contribution in [0.3, 0.4) is 0 Å². The Labute approximate surface area is 222 Å². The Hall–Kier alpha value is -4.99. The third-order valence-electron chi connectivity index (χ3n) is 6.21. The Morgan fingerprint density at radius 2 is 1.74 bits per heavy atom. The number of allylic oxidation sites excluding steroid dienone is 1. The number of ether oxygens (including phenoxy) is 1. The first-order valence-electron chi connectivity index (χ1n) is 12.0. The van der Waals surface area contributed by atoms with Crippen molar-refractivity contribution in [2.45, 2.75) is 6.61 Å². The van der Waals surface area contributed by atoms with Gasteiger partial charge in [-0.2, -0.15) is 5.26 Å². The van der Waals surface area contributed by atoms with Gasteiger partial charge in [-0.05, 0) is 52.2 Å². The zero-order chi connectivity index (χ0) is 25.9. The first kappa shape index (κ1) is 23.4. The summed E-state index contributed by atoms with van der Waals surface area (Å²) >= 11 is 1.32. The van der Waals surface area contributed by atoms with Crippen molar-refractivity contribution in [2.24, 2.45) is 0 Å². The van der Waals surface area contributed by atoms with Crippen LogP contribution in [0.2, 0.25) is 0 Å². The molecule has 6 aromatic rings. The van der Waals surface area contributed by atoms with Crippen LogP contribution >= 0.6 is 11.3 Å². The summed E-state index contributed by atoms with van der Waals surface area (Å²) in [7, 11) is 0. The monoisotopic (exact) mass is 512 g/mol. The fourth-order valence-corrected chi connectivity index (χ4v) is 5.07. The van der Waals surface area contributed by atoms with Gasteiger partial charge >= 0.3 is 5.63 Å². The molecule has 0 spiro atoms. The molecule has 0 radical (unpaired) electrons. The molecule has 0 fully saturated rings. The Morgan fingerprint density at radius 1 is 0.947 bits per heavy atom. The number of hydrogen-bond donors (Lipinski definition) is 0. The quantitative estimate of drug-likeness (QED) is 0.130. The van der Waals surface area contributed by atoms with Crippen LogP contribution < -0.4 is 10.4 Å². The molecule has 0 saturated carbocycles. The fraction of sp³-hybridized carbons (Fsp3) is 0.0312. The maximum Gasteiger partial charge on any atom is 0.345 e. The molecule has 6 rings (SSSR count). The van der Waals surface area contributed by atoms with Crippen LogP contribution in [0.5, 0.6) is 5.75 Å². The summed E-state index contributed by atoms with van der Waals surface area (Å²) in [5, 5.41) is 15.1. The Balaban J connectivity index is 1.27. The highest BCUT2D eigenvalue weighted by atomic mass is 32.1. The van der Waals surface area contributed by atoms with E-state index in [9.17, 15) is 10.1 Å². The molecule has 0 amide bonds. The molecule has 2 heterocycles. The second-order valence-corrected chi connectivity index (χ2v) is 9.56. The minimum atomic E-state index is -0.460. The smallest absolute Gasteiger partial charge is 0.345 e. The molecular formula is C32H20N2O3S. The number of benzene rings is 4. The van der Waals surface area contributed by atoms with Crippen LogP contribution in [0.4, 0.5) is 0 Å². The van der Waals surface area contributed by atoms with Crippen molar-refractivity contribution in [3.63, 3.8) is 0 Å². The van der Waals surface area contributed by atoms with Gasteiger partial charge < -0.3 is 9.15 Å². The molecule has 2 aromatic heterocycles. The maximum atomic E-state index is 12.8. The third-order valence-corrected chi connectivity index (χ3v) is 7.09. The van der Waals surface area contributed by atoms with Gasteiger partial charge in [0.1, 0.15) is 29.0 Å². The molecule has 0 atom stereocenters. The normalized spacial score (nSPS) is 11.5. The molecule has 0 N–H and O–H groups in total. The average molecular weight is 513 g/mol. The van der Waals surface area contributed by atoms with E-state index in [0.29, 0.717) is 34.0 Å². The van der Waals surface area contributed by atoms with E-state index in [0.717, 1.165) is 33.0 Å². The summed E-state index contributed by atoms with van der Waals surface area (Å²) < 4.78 is 11.5. The molecule has 38 heavy (non-hydrogen) atoms. The van der Waals surface area contributed by atoms with Gasteiger partial charge in [-0.3, -0.25) is 0 Å². The lowest BCUT2D eigenvalue weighted by molar-refractivity contribution is 0.306. The van der Waals surface area contributed by atoms with Gasteiger partial charge in [0.2, 0.25) is 0 Å². The summed E-state index contributed by atoms with van der Waals surface area (Å²) in [4.78, 5) is 17.4. The summed E-state index contributed by atoms with van der Waals surface area (Å²) in [6, 6.07) is 33.3. The van der Waals surface area contributed by atoms with Crippen LogP contribution in [0.25, 0.3) is 44.6 Å². The lowest BCUT2D eigenvalue weighted by Crippen LogP contribution is -2.03. The highest BCUT2D eigenvalue weighted by molar-refractivity contribution is 7.11. The Bertz CT molecular complexity index is 1900. The van der Waals surface area contributed by atoms with E-state index in [2.05, 4.69) is 11.1 Å². The molecule has 6 heteroatoms. The van der Waals surface area contributed by atoms with Crippen molar-refractivity contribution in [3.05, 3.63) is 129 Å². The van der Waals surface area contributed by atoms with Crippen LogP contribution in [-0.2, 0) is 6.61 Å². The van der Waals surface area contributed by atoms with Crippen LogP contribution in [0.1, 0.15) is 16.1 Å². The number of rotatable bonds is 6. The lowest BCUT2D eigenvalue weighted by atomic mass is 10.0. The zero-order valence-electron chi connectivity index (χ0n) is 20.1. The molecule has 0 bridgehead atoms. The van der Waals surface area contributed by atoms with Crippen molar-refractivity contribution in [1.82, 2.24) is 4.98 Å². The predicted octanol–water partition coefficient (Wildman–Crippen LogP) is 7.71. The van der Waals surface area contributed by atoms with Crippen molar-refractivity contribution in [1.29, 1.82) is 5.26 Å². The van der Waals surface area contributed by atoms with Gasteiger partial charge in [-0.15, -0.1) is 11.3 Å². The van der Waals surface area contributed by atoms with Crippen LogP contribution in [0, 0.1) is 11.3 Å². The largest absolute Gasteiger partial charge is 0.489 e.